The number of nitrogen functional groups attached to an aromatic ring is 1. The number of aliphatic hydroxyl groups excluding tert-OH is 2. The molecule has 2 aromatic rings. The molecule has 2 aromatic heterocycles. The van der Waals surface area contributed by atoms with E-state index < -0.39 is 32.3 Å². The number of halogens is 1. The molecule has 15 heteroatoms. The number of nitrogens with zero attached hydrogens (tertiary/aromatic N) is 5. The minimum Gasteiger partial charge on any atom is -0.387 e. The Balaban J connectivity index is 0.000000454. The van der Waals surface area contributed by atoms with E-state index in [2.05, 4.69) is 51.6 Å². The topological polar surface area (TPSA) is 169 Å². The van der Waals surface area contributed by atoms with Gasteiger partial charge in [0.1, 0.15) is 36.1 Å². The zero-order chi connectivity index (χ0) is 26.5. The van der Waals surface area contributed by atoms with Crippen LogP contribution in [0, 0.1) is 0 Å². The van der Waals surface area contributed by atoms with Gasteiger partial charge >= 0.3 is 7.75 Å². The third-order valence-electron chi connectivity index (χ3n) is 6.30. The average molecular weight is 595 g/mol. The van der Waals surface area contributed by atoms with Crippen molar-refractivity contribution in [3.8, 4) is 0 Å². The van der Waals surface area contributed by atoms with E-state index in [4.69, 9.17) is 19.7 Å². The first-order valence-corrected chi connectivity index (χ1v) is 14.3. The van der Waals surface area contributed by atoms with Crippen LogP contribution in [0.2, 0.25) is 0 Å². The van der Waals surface area contributed by atoms with Crippen molar-refractivity contribution in [1.82, 2.24) is 24.1 Å². The average Bonchev–Trinajstić information content (AvgIpc) is 3.36. The van der Waals surface area contributed by atoms with Crippen molar-refractivity contribution in [2.45, 2.75) is 45.3 Å². The Labute approximate surface area is 218 Å². The highest BCUT2D eigenvalue weighted by Gasteiger charge is 2.46. The molecule has 0 spiro atoms. The summed E-state index contributed by atoms with van der Waals surface area (Å²) >= 11 is 3.38. The lowest BCUT2D eigenvalue weighted by Crippen LogP contribution is -2.36. The molecule has 0 radical (unpaired) electrons. The van der Waals surface area contributed by atoms with Gasteiger partial charge in [-0.1, -0.05) is 20.8 Å². The lowest BCUT2D eigenvalue weighted by molar-refractivity contribution is -0.0514. The number of fused-ring (bicyclic) bond motifs is 1. The van der Waals surface area contributed by atoms with E-state index in [1.165, 1.54) is 35.2 Å². The van der Waals surface area contributed by atoms with E-state index >= 15 is 0 Å². The zero-order valence-electron chi connectivity index (χ0n) is 20.7. The quantitative estimate of drug-likeness (QED) is 0.322. The standard InChI is InChI=1S/C15H21BrN5O7P.C6H15N/c16-10-5-8-13(17)18-7-19-14(8)21(10)15-12(23)11(22)9(28-15)6-27-29(24,25)20-1-3-26-4-2-20;1-4-7(5-2)6-3/h5,7,9,11-12,15,22-23H,1-4,6H2,(H,24,25)(H2,17,18,19);4-6H2,1-3H3/t9-,11-,12-,15-;/m1./s1. The summed E-state index contributed by atoms with van der Waals surface area (Å²) in [6.45, 7) is 10.9. The Hall–Kier alpha value is -1.19. The number of nitrogens with two attached hydrogens (primary N) is 1. The number of anilines is 1. The molecule has 0 aromatic carbocycles. The van der Waals surface area contributed by atoms with Crippen molar-refractivity contribution in [2.24, 2.45) is 0 Å². The summed E-state index contributed by atoms with van der Waals surface area (Å²) in [4.78, 5) is 20.7. The third-order valence-corrected chi connectivity index (χ3v) is 8.51. The van der Waals surface area contributed by atoms with Crippen molar-refractivity contribution in [2.75, 3.05) is 58.3 Å². The molecular weight excluding hydrogens is 559 g/mol. The first-order valence-electron chi connectivity index (χ1n) is 12.0. The van der Waals surface area contributed by atoms with Crippen LogP contribution in [0.5, 0.6) is 0 Å². The largest absolute Gasteiger partial charge is 0.405 e. The molecule has 2 fully saturated rings. The van der Waals surface area contributed by atoms with Gasteiger partial charge in [-0.3, -0.25) is 9.09 Å². The Morgan fingerprint density at radius 1 is 1.19 bits per heavy atom. The molecule has 2 aliphatic heterocycles. The molecule has 0 amide bonds. The Morgan fingerprint density at radius 2 is 1.83 bits per heavy atom. The highest BCUT2D eigenvalue weighted by atomic mass is 79.9. The Kier molecular flexibility index (Phi) is 10.6. The lowest BCUT2D eigenvalue weighted by Gasteiger charge is -2.30. The molecule has 1 unspecified atom stereocenters. The molecule has 4 rings (SSSR count). The fourth-order valence-electron chi connectivity index (χ4n) is 4.07. The van der Waals surface area contributed by atoms with E-state index in [9.17, 15) is 19.7 Å². The predicted octanol–water partition coefficient (Wildman–Crippen LogP) is 1.19. The first kappa shape index (κ1) is 29.4. The Morgan fingerprint density at radius 3 is 2.42 bits per heavy atom. The van der Waals surface area contributed by atoms with Crippen molar-refractivity contribution in [3.63, 3.8) is 0 Å². The summed E-state index contributed by atoms with van der Waals surface area (Å²) in [6, 6.07) is 1.68. The van der Waals surface area contributed by atoms with Crippen LogP contribution in [0.3, 0.4) is 0 Å². The molecule has 0 saturated carbocycles. The maximum atomic E-state index is 12.5. The second-order valence-corrected chi connectivity index (χ2v) is 11.0. The second kappa shape index (κ2) is 13.1. The smallest absolute Gasteiger partial charge is 0.387 e. The van der Waals surface area contributed by atoms with Gasteiger partial charge in [0.25, 0.3) is 0 Å². The molecule has 13 nitrogen and oxygen atoms in total. The maximum absolute atomic E-state index is 12.5. The third kappa shape index (κ3) is 6.62. The monoisotopic (exact) mass is 594 g/mol. The van der Waals surface area contributed by atoms with E-state index in [0.717, 1.165) is 0 Å². The molecule has 204 valence electrons. The molecule has 0 bridgehead atoms. The number of morpholine rings is 1. The van der Waals surface area contributed by atoms with Crippen molar-refractivity contribution in [3.05, 3.63) is 17.0 Å². The zero-order valence-corrected chi connectivity index (χ0v) is 23.2. The van der Waals surface area contributed by atoms with Gasteiger partial charge in [0.2, 0.25) is 0 Å². The van der Waals surface area contributed by atoms with Crippen LogP contribution in [-0.4, -0.2) is 110 Å². The molecule has 2 saturated heterocycles. The van der Waals surface area contributed by atoms with Gasteiger partial charge in [0.05, 0.1) is 29.8 Å². The van der Waals surface area contributed by atoms with E-state index in [1.54, 1.807) is 6.07 Å². The van der Waals surface area contributed by atoms with Gasteiger partial charge in [0.15, 0.2) is 6.23 Å². The van der Waals surface area contributed by atoms with Gasteiger partial charge in [-0.05, 0) is 41.6 Å². The van der Waals surface area contributed by atoms with Gasteiger partial charge in [0, 0.05) is 13.1 Å². The van der Waals surface area contributed by atoms with Crippen LogP contribution in [0.4, 0.5) is 5.82 Å². The van der Waals surface area contributed by atoms with Gasteiger partial charge in [-0.2, -0.15) is 0 Å². The van der Waals surface area contributed by atoms with Gasteiger partial charge in [-0.15, -0.1) is 0 Å². The van der Waals surface area contributed by atoms with Crippen LogP contribution in [0.1, 0.15) is 27.0 Å². The molecular formula is C21H36BrN6O7P. The van der Waals surface area contributed by atoms with Crippen LogP contribution in [0.25, 0.3) is 11.0 Å². The SMILES string of the molecule is CCN(CC)CC.Nc1ncnc2c1cc(Br)n2[C@@H]1O[C@H](COP(=O)(O)N2CCOCC2)[C@@H](O)[C@H]1O. The van der Waals surface area contributed by atoms with Crippen LogP contribution in [0.15, 0.2) is 17.0 Å². The van der Waals surface area contributed by atoms with Crippen LogP contribution >= 0.6 is 23.7 Å². The summed E-state index contributed by atoms with van der Waals surface area (Å²) in [5.41, 5.74) is 6.27. The maximum Gasteiger partial charge on any atom is 0.405 e. The number of hydrogen-bond acceptors (Lipinski definition) is 10. The van der Waals surface area contributed by atoms with Crippen LogP contribution < -0.4 is 5.73 Å². The normalized spacial score (nSPS) is 26.7. The van der Waals surface area contributed by atoms with E-state index in [1.807, 2.05) is 0 Å². The fraction of sp³-hybridized carbons (Fsp3) is 0.714. The van der Waals surface area contributed by atoms with Gasteiger partial charge in [-0.25, -0.2) is 19.2 Å². The van der Waals surface area contributed by atoms with Crippen molar-refractivity contribution < 1.29 is 33.7 Å². The van der Waals surface area contributed by atoms with Crippen molar-refractivity contribution >= 4 is 40.5 Å². The summed E-state index contributed by atoms with van der Waals surface area (Å²) < 4.78 is 31.9. The van der Waals surface area contributed by atoms with Gasteiger partial charge < -0.3 is 35.2 Å². The van der Waals surface area contributed by atoms with Crippen LogP contribution in [-0.2, 0) is 18.6 Å². The first-order chi connectivity index (χ1) is 17.1. The molecule has 36 heavy (non-hydrogen) atoms. The lowest BCUT2D eigenvalue weighted by atomic mass is 10.1. The van der Waals surface area contributed by atoms with E-state index in [0.29, 0.717) is 28.9 Å². The highest BCUT2D eigenvalue weighted by molar-refractivity contribution is 9.10. The second-order valence-electron chi connectivity index (χ2n) is 8.35. The Bertz CT molecular complexity index is 1030. The summed E-state index contributed by atoms with van der Waals surface area (Å²) in [5.74, 6) is 0.258. The molecule has 5 N–H and O–H groups in total. The molecule has 4 heterocycles. The summed E-state index contributed by atoms with van der Waals surface area (Å²) in [6.07, 6.45) is -3.42. The molecule has 0 aliphatic carbocycles. The van der Waals surface area contributed by atoms with E-state index in [-0.39, 0.29) is 25.5 Å². The minimum atomic E-state index is -4.07. The van der Waals surface area contributed by atoms with Crippen molar-refractivity contribution in [1.29, 1.82) is 0 Å². The number of ether oxygens (including phenoxy) is 2. The fourth-order valence-corrected chi connectivity index (χ4v) is 5.84. The molecule has 5 atom stereocenters. The number of rotatable bonds is 8. The minimum absolute atomic E-state index is 0.258. The highest BCUT2D eigenvalue weighted by Crippen LogP contribution is 2.47. The number of aromatic nitrogens is 3. The summed E-state index contributed by atoms with van der Waals surface area (Å²) in [7, 11) is -4.07. The predicted molar refractivity (Wildman–Crippen MR) is 137 cm³/mol. The summed E-state index contributed by atoms with van der Waals surface area (Å²) in [5, 5.41) is 21.5. The number of hydrogen-bond donors (Lipinski definition) is 4. The molecule has 2 aliphatic rings. The number of aliphatic hydroxyl groups is 2.